The highest BCUT2D eigenvalue weighted by molar-refractivity contribution is 5.20. The fourth-order valence-electron chi connectivity index (χ4n) is 0.824. The minimum Gasteiger partial charge on any atom is -0.478 e. The molecule has 1 rings (SSSR count). The summed E-state index contributed by atoms with van der Waals surface area (Å²) in [6, 6.07) is 1.49. The number of aromatic nitrogens is 1. The van der Waals surface area contributed by atoms with E-state index in [4.69, 9.17) is 4.74 Å². The Morgan fingerprint density at radius 2 is 2.31 bits per heavy atom. The van der Waals surface area contributed by atoms with Crippen molar-refractivity contribution in [3.8, 4) is 5.88 Å². The molecule has 0 amide bonds. The van der Waals surface area contributed by atoms with E-state index < -0.39 is 6.67 Å². The van der Waals surface area contributed by atoms with Crippen LogP contribution in [0.25, 0.3) is 0 Å². The Morgan fingerprint density at radius 1 is 1.54 bits per heavy atom. The number of aryl methyl sites for hydroxylation is 1. The van der Waals surface area contributed by atoms with Crippen molar-refractivity contribution in [1.82, 2.24) is 4.98 Å². The van der Waals surface area contributed by atoms with Crippen LogP contribution in [0.1, 0.15) is 12.0 Å². The summed E-state index contributed by atoms with van der Waals surface area (Å²) in [5.74, 6) is -0.0230. The molecule has 1 aromatic heterocycles. The van der Waals surface area contributed by atoms with Crippen molar-refractivity contribution >= 4 is 0 Å². The van der Waals surface area contributed by atoms with Gasteiger partial charge in [-0.25, -0.2) is 9.37 Å². The first-order valence-electron chi connectivity index (χ1n) is 4.05. The Labute approximate surface area is 75.6 Å². The third kappa shape index (κ3) is 2.97. The van der Waals surface area contributed by atoms with Crippen LogP contribution >= 0.6 is 0 Å². The van der Waals surface area contributed by atoms with Crippen molar-refractivity contribution in [3.63, 3.8) is 0 Å². The zero-order valence-electron chi connectivity index (χ0n) is 7.39. The van der Waals surface area contributed by atoms with Crippen molar-refractivity contribution in [2.24, 2.45) is 0 Å². The van der Waals surface area contributed by atoms with Crippen LogP contribution in [0.2, 0.25) is 0 Å². The monoisotopic (exact) mass is 187 g/mol. The van der Waals surface area contributed by atoms with Gasteiger partial charge in [-0.3, -0.25) is 4.39 Å². The molecule has 1 heterocycles. The lowest BCUT2D eigenvalue weighted by molar-refractivity contribution is 0.279. The van der Waals surface area contributed by atoms with E-state index in [0.717, 1.165) is 6.20 Å². The highest BCUT2D eigenvalue weighted by atomic mass is 19.1. The van der Waals surface area contributed by atoms with Crippen molar-refractivity contribution in [3.05, 3.63) is 23.6 Å². The first-order valence-corrected chi connectivity index (χ1v) is 4.05. The van der Waals surface area contributed by atoms with Crippen LogP contribution in [0.3, 0.4) is 0 Å². The van der Waals surface area contributed by atoms with Gasteiger partial charge in [0.05, 0.1) is 19.5 Å². The summed E-state index contributed by atoms with van der Waals surface area (Å²) in [5, 5.41) is 0. The molecule has 1 aromatic rings. The maximum Gasteiger partial charge on any atom is 0.213 e. The van der Waals surface area contributed by atoms with E-state index in [9.17, 15) is 8.78 Å². The number of hydrogen-bond acceptors (Lipinski definition) is 2. The van der Waals surface area contributed by atoms with E-state index in [0.29, 0.717) is 17.9 Å². The number of nitrogens with zero attached hydrogens (tertiary/aromatic N) is 1. The van der Waals surface area contributed by atoms with E-state index in [1.807, 2.05) is 0 Å². The third-order valence-electron chi connectivity index (χ3n) is 1.55. The van der Waals surface area contributed by atoms with Crippen LogP contribution in [-0.2, 0) is 0 Å². The quantitative estimate of drug-likeness (QED) is 0.674. The Kier molecular flexibility index (Phi) is 3.61. The largest absolute Gasteiger partial charge is 0.478 e. The summed E-state index contributed by atoms with van der Waals surface area (Å²) >= 11 is 0. The van der Waals surface area contributed by atoms with Crippen molar-refractivity contribution in [2.75, 3.05) is 13.3 Å². The summed E-state index contributed by atoms with van der Waals surface area (Å²) in [7, 11) is 0. The molecular formula is C9H11F2NO. The van der Waals surface area contributed by atoms with Crippen LogP contribution in [0.15, 0.2) is 12.3 Å². The van der Waals surface area contributed by atoms with Gasteiger partial charge in [-0.2, -0.15) is 0 Å². The van der Waals surface area contributed by atoms with Gasteiger partial charge >= 0.3 is 0 Å². The molecule has 0 radical (unpaired) electrons. The summed E-state index contributed by atoms with van der Waals surface area (Å²) in [6.07, 6.45) is 1.43. The molecule has 0 fully saturated rings. The molecule has 0 N–H and O–H groups in total. The molecule has 0 aliphatic heterocycles. The minimum atomic E-state index is -0.416. The first-order chi connectivity index (χ1) is 6.24. The van der Waals surface area contributed by atoms with Gasteiger partial charge in [0.2, 0.25) is 5.88 Å². The number of rotatable bonds is 4. The summed E-state index contributed by atoms with van der Waals surface area (Å²) < 4.78 is 29.5. The van der Waals surface area contributed by atoms with Crippen LogP contribution < -0.4 is 4.74 Å². The van der Waals surface area contributed by atoms with Gasteiger partial charge < -0.3 is 4.74 Å². The summed E-state index contributed by atoms with van der Waals surface area (Å²) in [6.45, 7) is 1.48. The molecule has 0 atom stereocenters. The molecule has 0 saturated carbocycles. The maximum atomic E-state index is 12.7. The molecule has 2 nitrogen and oxygen atoms in total. The lowest BCUT2D eigenvalue weighted by Gasteiger charge is -2.04. The molecule has 4 heteroatoms. The van der Waals surface area contributed by atoms with Crippen molar-refractivity contribution < 1.29 is 13.5 Å². The standard InChI is InChI=1S/C9H11F2NO/c1-7-5-9(12-6-8(7)11)13-4-2-3-10/h5-6H,2-4H2,1H3. The highest BCUT2D eigenvalue weighted by Crippen LogP contribution is 2.11. The third-order valence-corrected chi connectivity index (χ3v) is 1.55. The van der Waals surface area contributed by atoms with Crippen LogP contribution in [0.4, 0.5) is 8.78 Å². The first kappa shape index (κ1) is 9.89. The molecule has 0 saturated heterocycles. The number of pyridine rings is 1. The zero-order chi connectivity index (χ0) is 9.68. The SMILES string of the molecule is Cc1cc(OCCCF)ncc1F. The number of halogens is 2. The smallest absolute Gasteiger partial charge is 0.213 e. The number of ether oxygens (including phenoxy) is 1. The topological polar surface area (TPSA) is 22.1 Å². The van der Waals surface area contributed by atoms with Gasteiger partial charge in [-0.05, 0) is 12.5 Å². The van der Waals surface area contributed by atoms with E-state index in [2.05, 4.69) is 4.98 Å². The fourth-order valence-corrected chi connectivity index (χ4v) is 0.824. The average Bonchev–Trinajstić information content (AvgIpc) is 2.12. The summed E-state index contributed by atoms with van der Waals surface area (Å²) in [5.41, 5.74) is 0.477. The van der Waals surface area contributed by atoms with Gasteiger partial charge in [0.1, 0.15) is 5.82 Å². The molecule has 0 aromatic carbocycles. The van der Waals surface area contributed by atoms with Crippen molar-refractivity contribution in [2.45, 2.75) is 13.3 Å². The number of alkyl halides is 1. The fraction of sp³-hybridized carbons (Fsp3) is 0.444. The molecule has 0 aliphatic carbocycles. The highest BCUT2D eigenvalue weighted by Gasteiger charge is 2.00. The Bertz CT molecular complexity index is 278. The van der Waals surface area contributed by atoms with E-state index in [1.54, 1.807) is 6.92 Å². The second-order valence-electron chi connectivity index (χ2n) is 2.66. The second kappa shape index (κ2) is 4.74. The molecule has 72 valence electrons. The van der Waals surface area contributed by atoms with Crippen LogP contribution in [0.5, 0.6) is 5.88 Å². The van der Waals surface area contributed by atoms with E-state index in [1.165, 1.54) is 6.07 Å². The predicted octanol–water partition coefficient (Wildman–Crippen LogP) is 2.27. The molecule has 0 bridgehead atoms. The van der Waals surface area contributed by atoms with E-state index in [-0.39, 0.29) is 12.4 Å². The lowest BCUT2D eigenvalue weighted by Crippen LogP contribution is -2.00. The minimum absolute atomic E-state index is 0.272. The van der Waals surface area contributed by atoms with Gasteiger partial charge in [-0.15, -0.1) is 0 Å². The molecule has 0 aliphatic rings. The molecular weight excluding hydrogens is 176 g/mol. The van der Waals surface area contributed by atoms with Gasteiger partial charge in [0.15, 0.2) is 0 Å². The molecule has 0 spiro atoms. The predicted molar refractivity (Wildman–Crippen MR) is 45.0 cm³/mol. The Morgan fingerprint density at radius 3 is 2.92 bits per heavy atom. The zero-order valence-corrected chi connectivity index (χ0v) is 7.39. The molecule has 0 unspecified atom stereocenters. The Hall–Kier alpha value is -1.19. The Balaban J connectivity index is 2.53. The van der Waals surface area contributed by atoms with Gasteiger partial charge in [0, 0.05) is 12.5 Å². The normalized spacial score (nSPS) is 10.1. The van der Waals surface area contributed by atoms with Gasteiger partial charge in [0.25, 0.3) is 0 Å². The number of hydrogen-bond donors (Lipinski definition) is 0. The van der Waals surface area contributed by atoms with Gasteiger partial charge in [-0.1, -0.05) is 0 Å². The van der Waals surface area contributed by atoms with Crippen LogP contribution in [0, 0.1) is 12.7 Å². The lowest BCUT2D eigenvalue weighted by atomic mass is 10.3. The van der Waals surface area contributed by atoms with Crippen molar-refractivity contribution in [1.29, 1.82) is 0 Å². The van der Waals surface area contributed by atoms with E-state index >= 15 is 0 Å². The maximum absolute atomic E-state index is 12.7. The average molecular weight is 187 g/mol. The second-order valence-corrected chi connectivity index (χ2v) is 2.66. The summed E-state index contributed by atoms with van der Waals surface area (Å²) in [4.78, 5) is 3.69. The molecule has 13 heavy (non-hydrogen) atoms. The van der Waals surface area contributed by atoms with Crippen LogP contribution in [-0.4, -0.2) is 18.3 Å².